The van der Waals surface area contributed by atoms with Crippen LogP contribution in [0.5, 0.6) is 0 Å². The molecule has 0 saturated heterocycles. The molecule has 0 saturated carbocycles. The molecule has 0 atom stereocenters. The molecule has 2 N–H and O–H groups in total. The van der Waals surface area contributed by atoms with Crippen molar-refractivity contribution in [3.8, 4) is 0 Å². The van der Waals surface area contributed by atoms with Gasteiger partial charge in [0.2, 0.25) is 0 Å². The van der Waals surface area contributed by atoms with Gasteiger partial charge in [-0.05, 0) is 25.1 Å². The Morgan fingerprint density at radius 3 is 2.85 bits per heavy atom. The zero-order chi connectivity index (χ0) is 14.9. The van der Waals surface area contributed by atoms with E-state index in [9.17, 15) is 9.18 Å². The first-order valence-corrected chi connectivity index (χ1v) is 6.18. The summed E-state index contributed by atoms with van der Waals surface area (Å²) in [6.07, 6.45) is 0. The minimum atomic E-state index is -0.707. The molecule has 0 bridgehead atoms. The maximum atomic E-state index is 13.1. The van der Waals surface area contributed by atoms with E-state index in [4.69, 9.17) is 22.1 Å². The van der Waals surface area contributed by atoms with E-state index < -0.39 is 11.8 Å². The SMILES string of the molecule is Cc1nn(C)c(Cl)c1COC(=O)c1cc(F)ccc1N. The fourth-order valence-corrected chi connectivity index (χ4v) is 1.99. The number of aryl methyl sites for hydroxylation is 2. The van der Waals surface area contributed by atoms with Gasteiger partial charge in [0.05, 0.1) is 11.3 Å². The molecule has 0 radical (unpaired) electrons. The van der Waals surface area contributed by atoms with Crippen LogP contribution in [0.1, 0.15) is 21.6 Å². The molecule has 1 aromatic heterocycles. The van der Waals surface area contributed by atoms with Crippen LogP contribution < -0.4 is 5.73 Å². The number of anilines is 1. The molecular weight excluding hydrogens is 285 g/mol. The lowest BCUT2D eigenvalue weighted by Crippen LogP contribution is -2.09. The van der Waals surface area contributed by atoms with Crippen molar-refractivity contribution in [2.24, 2.45) is 7.05 Å². The van der Waals surface area contributed by atoms with Gasteiger partial charge in [0, 0.05) is 18.3 Å². The number of esters is 1. The largest absolute Gasteiger partial charge is 0.457 e. The van der Waals surface area contributed by atoms with Gasteiger partial charge in [-0.1, -0.05) is 11.6 Å². The molecule has 1 aromatic carbocycles. The van der Waals surface area contributed by atoms with Crippen molar-refractivity contribution in [3.05, 3.63) is 46.0 Å². The van der Waals surface area contributed by atoms with Crippen molar-refractivity contribution in [2.45, 2.75) is 13.5 Å². The van der Waals surface area contributed by atoms with Gasteiger partial charge in [-0.25, -0.2) is 9.18 Å². The highest BCUT2D eigenvalue weighted by atomic mass is 35.5. The van der Waals surface area contributed by atoms with Crippen LogP contribution in [0.25, 0.3) is 0 Å². The van der Waals surface area contributed by atoms with Crippen LogP contribution in [-0.4, -0.2) is 15.7 Å². The molecule has 2 rings (SSSR count). The van der Waals surface area contributed by atoms with E-state index in [1.807, 2.05) is 0 Å². The first-order valence-electron chi connectivity index (χ1n) is 5.80. The smallest absolute Gasteiger partial charge is 0.340 e. The van der Waals surface area contributed by atoms with Crippen molar-refractivity contribution >= 4 is 23.3 Å². The Labute approximate surface area is 120 Å². The van der Waals surface area contributed by atoms with Gasteiger partial charge in [-0.15, -0.1) is 0 Å². The molecule has 0 amide bonds. The third-order valence-corrected chi connectivity index (χ3v) is 3.33. The summed E-state index contributed by atoms with van der Waals surface area (Å²) in [4.78, 5) is 11.9. The third-order valence-electron chi connectivity index (χ3n) is 2.85. The monoisotopic (exact) mass is 297 g/mol. The second kappa shape index (κ2) is 5.50. The molecule has 0 spiro atoms. The maximum Gasteiger partial charge on any atom is 0.340 e. The van der Waals surface area contributed by atoms with Gasteiger partial charge in [-0.3, -0.25) is 4.68 Å². The average molecular weight is 298 g/mol. The topological polar surface area (TPSA) is 70.1 Å². The zero-order valence-corrected chi connectivity index (χ0v) is 11.7. The van der Waals surface area contributed by atoms with E-state index >= 15 is 0 Å². The number of halogens is 2. The number of hydrogen-bond donors (Lipinski definition) is 1. The third kappa shape index (κ3) is 2.75. The number of carbonyl (C=O) groups is 1. The van der Waals surface area contributed by atoms with Crippen LogP contribution in [0.15, 0.2) is 18.2 Å². The number of nitrogen functional groups attached to an aromatic ring is 1. The lowest BCUT2D eigenvalue weighted by atomic mass is 10.2. The Hall–Kier alpha value is -2.08. The number of ether oxygens (including phenoxy) is 1. The molecule has 0 aliphatic heterocycles. The van der Waals surface area contributed by atoms with Gasteiger partial charge in [-0.2, -0.15) is 5.10 Å². The number of rotatable bonds is 3. The van der Waals surface area contributed by atoms with Gasteiger partial charge in [0.25, 0.3) is 0 Å². The number of nitrogens with zero attached hydrogens (tertiary/aromatic N) is 2. The molecule has 1 heterocycles. The Balaban J connectivity index is 2.15. The van der Waals surface area contributed by atoms with Gasteiger partial charge in [0.15, 0.2) is 0 Å². The van der Waals surface area contributed by atoms with Crippen molar-refractivity contribution in [1.82, 2.24) is 9.78 Å². The Kier molecular flexibility index (Phi) is 3.94. The van der Waals surface area contributed by atoms with E-state index in [2.05, 4.69) is 5.10 Å². The molecule has 0 fully saturated rings. The molecule has 0 unspecified atom stereocenters. The highest BCUT2D eigenvalue weighted by Gasteiger charge is 2.16. The lowest BCUT2D eigenvalue weighted by molar-refractivity contribution is 0.0473. The van der Waals surface area contributed by atoms with E-state index in [0.29, 0.717) is 16.4 Å². The summed E-state index contributed by atoms with van der Waals surface area (Å²) in [6, 6.07) is 3.53. The maximum absolute atomic E-state index is 13.1. The number of benzene rings is 1. The van der Waals surface area contributed by atoms with Crippen molar-refractivity contribution < 1.29 is 13.9 Å². The minimum absolute atomic E-state index is 0.0114. The van der Waals surface area contributed by atoms with Crippen molar-refractivity contribution in [1.29, 1.82) is 0 Å². The molecule has 0 aliphatic carbocycles. The second-order valence-corrected chi connectivity index (χ2v) is 4.64. The molecule has 2 aromatic rings. The highest BCUT2D eigenvalue weighted by molar-refractivity contribution is 6.30. The summed E-state index contributed by atoms with van der Waals surface area (Å²) in [6.45, 7) is 1.71. The predicted octanol–water partition coefficient (Wildman–Crippen LogP) is 2.46. The van der Waals surface area contributed by atoms with Gasteiger partial charge in [0.1, 0.15) is 17.6 Å². The molecule has 0 aliphatic rings. The van der Waals surface area contributed by atoms with Crippen molar-refractivity contribution in [2.75, 3.05) is 5.73 Å². The van der Waals surface area contributed by atoms with Crippen LogP contribution >= 0.6 is 11.6 Å². The number of carbonyl (C=O) groups excluding carboxylic acids is 1. The lowest BCUT2D eigenvalue weighted by Gasteiger charge is -2.07. The second-order valence-electron chi connectivity index (χ2n) is 4.29. The summed E-state index contributed by atoms with van der Waals surface area (Å²) in [7, 11) is 1.69. The Morgan fingerprint density at radius 1 is 1.55 bits per heavy atom. The van der Waals surface area contributed by atoms with E-state index in [1.165, 1.54) is 16.8 Å². The molecule has 106 valence electrons. The van der Waals surface area contributed by atoms with Crippen LogP contribution in [0.4, 0.5) is 10.1 Å². The summed E-state index contributed by atoms with van der Waals surface area (Å²) < 4.78 is 19.7. The first-order chi connectivity index (χ1) is 9.40. The molecule has 20 heavy (non-hydrogen) atoms. The zero-order valence-electron chi connectivity index (χ0n) is 11.0. The van der Waals surface area contributed by atoms with Crippen LogP contribution in [0.2, 0.25) is 5.15 Å². The fraction of sp³-hybridized carbons (Fsp3) is 0.231. The molecule has 7 heteroatoms. The number of hydrogen-bond acceptors (Lipinski definition) is 4. The molecule has 5 nitrogen and oxygen atoms in total. The summed E-state index contributed by atoms with van der Waals surface area (Å²) in [5, 5.41) is 4.49. The summed E-state index contributed by atoms with van der Waals surface area (Å²) in [5.41, 5.74) is 7.03. The van der Waals surface area contributed by atoms with E-state index in [0.717, 1.165) is 6.07 Å². The molecular formula is C13H13ClFN3O2. The summed E-state index contributed by atoms with van der Waals surface area (Å²) in [5.74, 6) is -1.26. The number of nitrogens with two attached hydrogens (primary N) is 1. The van der Waals surface area contributed by atoms with Crippen LogP contribution in [0.3, 0.4) is 0 Å². The highest BCUT2D eigenvalue weighted by Crippen LogP contribution is 2.21. The van der Waals surface area contributed by atoms with Crippen LogP contribution in [0, 0.1) is 12.7 Å². The van der Waals surface area contributed by atoms with Crippen molar-refractivity contribution in [3.63, 3.8) is 0 Å². The fourth-order valence-electron chi connectivity index (χ4n) is 1.76. The van der Waals surface area contributed by atoms with E-state index in [1.54, 1.807) is 14.0 Å². The minimum Gasteiger partial charge on any atom is -0.457 e. The van der Waals surface area contributed by atoms with Crippen LogP contribution in [-0.2, 0) is 18.4 Å². The predicted molar refractivity (Wildman–Crippen MR) is 72.9 cm³/mol. The summed E-state index contributed by atoms with van der Waals surface area (Å²) >= 11 is 6.02. The normalized spacial score (nSPS) is 10.6. The van der Waals surface area contributed by atoms with E-state index in [-0.39, 0.29) is 17.9 Å². The van der Waals surface area contributed by atoms with Gasteiger partial charge < -0.3 is 10.5 Å². The standard InChI is InChI=1S/C13H13ClFN3O2/c1-7-10(12(14)18(2)17-7)6-20-13(19)9-5-8(15)3-4-11(9)16/h3-5H,6,16H2,1-2H3. The Bertz CT molecular complexity index is 670. The Morgan fingerprint density at radius 2 is 2.25 bits per heavy atom. The average Bonchev–Trinajstić information content (AvgIpc) is 2.64. The van der Waals surface area contributed by atoms with Gasteiger partial charge >= 0.3 is 5.97 Å². The first kappa shape index (κ1) is 14.3. The number of aromatic nitrogens is 2. The quantitative estimate of drug-likeness (QED) is 0.698.